The Morgan fingerprint density at radius 2 is 1.86 bits per heavy atom. The molecule has 1 aliphatic rings. The van der Waals surface area contributed by atoms with Gasteiger partial charge in [-0.15, -0.1) is 12.4 Å². The Balaban J connectivity index is 0.00000400. The zero-order chi connectivity index (χ0) is 15.0. The van der Waals surface area contributed by atoms with Gasteiger partial charge in [0.15, 0.2) is 0 Å². The Labute approximate surface area is 129 Å². The minimum absolute atomic E-state index is 0. The maximum absolute atomic E-state index is 12.9. The van der Waals surface area contributed by atoms with E-state index in [1.807, 2.05) is 0 Å². The first-order valence-electron chi connectivity index (χ1n) is 7.01. The van der Waals surface area contributed by atoms with Crippen molar-refractivity contribution in [2.45, 2.75) is 31.9 Å². The second-order valence-corrected chi connectivity index (χ2v) is 5.07. The van der Waals surface area contributed by atoms with Crippen LogP contribution in [-0.4, -0.2) is 45.4 Å². The molecule has 0 bridgehead atoms. The summed E-state index contributed by atoms with van der Waals surface area (Å²) in [4.78, 5) is 11.9. The van der Waals surface area contributed by atoms with Gasteiger partial charge in [0.05, 0.1) is 12.5 Å². The molecule has 0 saturated heterocycles. The number of alkyl halides is 3. The van der Waals surface area contributed by atoms with E-state index in [2.05, 4.69) is 10.6 Å². The Bertz CT molecular complexity index is 304. The highest BCUT2D eigenvalue weighted by Crippen LogP contribution is 2.41. The molecule has 0 aromatic heterocycles. The van der Waals surface area contributed by atoms with Crippen LogP contribution in [0.4, 0.5) is 13.2 Å². The van der Waals surface area contributed by atoms with Gasteiger partial charge >= 0.3 is 6.18 Å². The molecule has 0 heterocycles. The third kappa shape index (κ3) is 7.33. The molecule has 1 aliphatic carbocycles. The van der Waals surface area contributed by atoms with Crippen LogP contribution in [0, 0.1) is 11.8 Å². The smallest absolute Gasteiger partial charge is 0.383 e. The van der Waals surface area contributed by atoms with Crippen LogP contribution < -0.4 is 10.6 Å². The maximum Gasteiger partial charge on any atom is 0.392 e. The van der Waals surface area contributed by atoms with E-state index in [0.717, 1.165) is 0 Å². The van der Waals surface area contributed by atoms with Gasteiger partial charge in [-0.05, 0) is 12.8 Å². The molecule has 0 radical (unpaired) electrons. The van der Waals surface area contributed by atoms with Crippen molar-refractivity contribution in [3.63, 3.8) is 0 Å². The fourth-order valence-electron chi connectivity index (χ4n) is 2.54. The summed E-state index contributed by atoms with van der Waals surface area (Å²) < 4.78 is 43.5. The topological polar surface area (TPSA) is 50.4 Å². The summed E-state index contributed by atoms with van der Waals surface area (Å²) in [7, 11) is 1.59. The third-order valence-corrected chi connectivity index (χ3v) is 3.61. The van der Waals surface area contributed by atoms with Gasteiger partial charge in [-0.1, -0.05) is 12.8 Å². The van der Waals surface area contributed by atoms with E-state index in [9.17, 15) is 18.0 Å². The van der Waals surface area contributed by atoms with Gasteiger partial charge in [-0.3, -0.25) is 4.79 Å². The lowest BCUT2D eigenvalue weighted by atomic mass is 9.78. The van der Waals surface area contributed by atoms with E-state index in [1.54, 1.807) is 7.11 Å². The second-order valence-electron chi connectivity index (χ2n) is 5.07. The largest absolute Gasteiger partial charge is 0.392 e. The zero-order valence-electron chi connectivity index (χ0n) is 12.2. The molecule has 0 aromatic carbocycles. The predicted molar refractivity (Wildman–Crippen MR) is 76.5 cm³/mol. The van der Waals surface area contributed by atoms with Gasteiger partial charge in [0.25, 0.3) is 0 Å². The molecule has 8 heteroatoms. The molecular formula is C13H24ClF3N2O2. The number of ether oxygens (including phenoxy) is 1. The zero-order valence-corrected chi connectivity index (χ0v) is 13.0. The number of rotatable bonds is 7. The predicted octanol–water partition coefficient (Wildman–Crippen LogP) is 2.13. The highest BCUT2D eigenvalue weighted by molar-refractivity contribution is 5.85. The first-order valence-corrected chi connectivity index (χ1v) is 7.01. The van der Waals surface area contributed by atoms with E-state index in [4.69, 9.17) is 4.74 Å². The number of nitrogens with one attached hydrogen (secondary N) is 2. The van der Waals surface area contributed by atoms with Gasteiger partial charge in [-0.2, -0.15) is 13.2 Å². The van der Waals surface area contributed by atoms with Crippen LogP contribution >= 0.6 is 12.4 Å². The molecule has 0 aromatic rings. The highest BCUT2D eigenvalue weighted by atomic mass is 35.5. The van der Waals surface area contributed by atoms with E-state index >= 15 is 0 Å². The lowest BCUT2D eigenvalue weighted by Crippen LogP contribution is -2.44. The number of amides is 1. The summed E-state index contributed by atoms with van der Waals surface area (Å²) in [5, 5.41) is 5.61. The van der Waals surface area contributed by atoms with Gasteiger partial charge in [0.1, 0.15) is 0 Å². The summed E-state index contributed by atoms with van der Waals surface area (Å²) in [6.07, 6.45) is -2.65. The molecule has 1 fully saturated rings. The van der Waals surface area contributed by atoms with E-state index in [0.29, 0.717) is 45.5 Å². The molecule has 1 amide bonds. The lowest BCUT2D eigenvalue weighted by Gasteiger charge is -2.32. The first kappa shape index (κ1) is 20.5. The van der Waals surface area contributed by atoms with Crippen LogP contribution in [0.5, 0.6) is 0 Å². The average molecular weight is 333 g/mol. The molecule has 4 nitrogen and oxygen atoms in total. The fourth-order valence-corrected chi connectivity index (χ4v) is 2.54. The number of carbonyl (C=O) groups excluding carboxylic acids is 1. The summed E-state index contributed by atoms with van der Waals surface area (Å²) in [5.41, 5.74) is 0. The minimum atomic E-state index is -4.28. The number of hydrogen-bond acceptors (Lipinski definition) is 3. The average Bonchev–Trinajstić information content (AvgIpc) is 2.41. The molecular weight excluding hydrogens is 309 g/mol. The van der Waals surface area contributed by atoms with Crippen LogP contribution in [0.15, 0.2) is 0 Å². The monoisotopic (exact) mass is 332 g/mol. The van der Waals surface area contributed by atoms with E-state index in [1.165, 1.54) is 0 Å². The molecule has 2 unspecified atom stereocenters. The quantitative estimate of drug-likeness (QED) is 0.702. The van der Waals surface area contributed by atoms with Crippen LogP contribution in [-0.2, 0) is 9.53 Å². The molecule has 1 saturated carbocycles. The van der Waals surface area contributed by atoms with Gasteiger partial charge in [0.2, 0.25) is 5.91 Å². The van der Waals surface area contributed by atoms with Crippen molar-refractivity contribution < 1.29 is 22.7 Å². The van der Waals surface area contributed by atoms with Crippen LogP contribution in [0.3, 0.4) is 0 Å². The second kappa shape index (κ2) is 10.2. The number of carbonyl (C=O) groups is 1. The molecule has 2 N–H and O–H groups in total. The van der Waals surface area contributed by atoms with Crippen LogP contribution in [0.25, 0.3) is 0 Å². The Morgan fingerprint density at radius 3 is 2.48 bits per heavy atom. The van der Waals surface area contributed by atoms with Crippen molar-refractivity contribution >= 4 is 18.3 Å². The van der Waals surface area contributed by atoms with Gasteiger partial charge in [0, 0.05) is 32.7 Å². The van der Waals surface area contributed by atoms with Crippen LogP contribution in [0.1, 0.15) is 25.7 Å². The van der Waals surface area contributed by atoms with Crippen molar-refractivity contribution in [1.29, 1.82) is 0 Å². The third-order valence-electron chi connectivity index (χ3n) is 3.61. The van der Waals surface area contributed by atoms with E-state index in [-0.39, 0.29) is 18.8 Å². The van der Waals surface area contributed by atoms with Crippen molar-refractivity contribution in [3.8, 4) is 0 Å². The Hall–Kier alpha value is -0.530. The normalized spacial score (nSPS) is 22.5. The maximum atomic E-state index is 12.9. The fraction of sp³-hybridized carbons (Fsp3) is 0.923. The molecule has 21 heavy (non-hydrogen) atoms. The summed E-state index contributed by atoms with van der Waals surface area (Å²) in [6.45, 7) is 2.08. The van der Waals surface area contributed by atoms with E-state index < -0.39 is 23.9 Å². The Morgan fingerprint density at radius 1 is 1.19 bits per heavy atom. The molecule has 1 rings (SSSR count). The van der Waals surface area contributed by atoms with Crippen molar-refractivity contribution in [2.24, 2.45) is 11.8 Å². The molecule has 0 spiro atoms. The molecule has 0 aliphatic heterocycles. The van der Waals surface area contributed by atoms with Gasteiger partial charge in [-0.25, -0.2) is 0 Å². The summed E-state index contributed by atoms with van der Waals surface area (Å²) >= 11 is 0. The lowest BCUT2D eigenvalue weighted by molar-refractivity contribution is -0.198. The number of methoxy groups -OCH3 is 1. The SMILES string of the molecule is COCCNCCNC(=O)C1CCCCC1C(F)(F)F.Cl. The summed E-state index contributed by atoms with van der Waals surface area (Å²) in [5.74, 6) is -2.89. The minimum Gasteiger partial charge on any atom is -0.383 e. The molecule has 2 atom stereocenters. The van der Waals surface area contributed by atoms with Crippen molar-refractivity contribution in [1.82, 2.24) is 10.6 Å². The first-order chi connectivity index (χ1) is 9.46. The number of hydrogen-bond donors (Lipinski definition) is 2. The Kier molecular flexibility index (Phi) is 9.98. The highest BCUT2D eigenvalue weighted by Gasteiger charge is 2.47. The summed E-state index contributed by atoms with van der Waals surface area (Å²) in [6, 6.07) is 0. The van der Waals surface area contributed by atoms with Crippen LogP contribution in [0.2, 0.25) is 0 Å². The van der Waals surface area contributed by atoms with Crippen molar-refractivity contribution in [2.75, 3.05) is 33.4 Å². The molecule has 126 valence electrons. The van der Waals surface area contributed by atoms with Crippen molar-refractivity contribution in [3.05, 3.63) is 0 Å². The standard InChI is InChI=1S/C13H23F3N2O2.ClH/c1-20-9-8-17-6-7-18-12(19)10-4-2-3-5-11(10)13(14,15)16;/h10-11,17H,2-9H2,1H3,(H,18,19);1H. The van der Waals surface area contributed by atoms with Gasteiger partial charge < -0.3 is 15.4 Å². The number of halogens is 4.